The topological polar surface area (TPSA) is 140 Å². The lowest BCUT2D eigenvalue weighted by molar-refractivity contribution is 0.0981. The number of rotatable bonds is 10. The van der Waals surface area contributed by atoms with Crippen molar-refractivity contribution in [2.24, 2.45) is 5.41 Å². The lowest BCUT2D eigenvalue weighted by Crippen LogP contribution is -2.32. The molecule has 11 nitrogen and oxygen atoms in total. The Morgan fingerprint density at radius 2 is 1.97 bits per heavy atom. The summed E-state index contributed by atoms with van der Waals surface area (Å²) in [6, 6.07) is 9.32. The van der Waals surface area contributed by atoms with Crippen LogP contribution in [-0.2, 0) is 10.0 Å². The standard InChI is InChI=1S/C26H32ClN7O4S/c1-25(2)15-17(16-28-25)29-19-5-4-6-22(30-19)39(36,37)33-24(35)18-7-8-20(31-23(18)27)34-13-9-21(32-34)38-14-12-26(3)10-11-26/h4-9,13,17,28H,10-12,14-16H2,1-3H3,(H,29,30)(H,33,35). The van der Waals surface area contributed by atoms with Crippen molar-refractivity contribution in [1.82, 2.24) is 29.8 Å². The number of carbonyl (C=O) groups is 1. The normalized spacial score (nSPS) is 19.4. The number of ether oxygens (including phenoxy) is 1. The van der Waals surface area contributed by atoms with E-state index in [2.05, 4.69) is 46.5 Å². The van der Waals surface area contributed by atoms with Gasteiger partial charge in [0.2, 0.25) is 5.88 Å². The van der Waals surface area contributed by atoms with E-state index in [-0.39, 0.29) is 27.3 Å². The van der Waals surface area contributed by atoms with Crippen molar-refractivity contribution < 1.29 is 17.9 Å². The van der Waals surface area contributed by atoms with Crippen LogP contribution < -0.4 is 20.1 Å². The van der Waals surface area contributed by atoms with Crippen LogP contribution in [-0.4, -0.2) is 58.8 Å². The number of nitrogens with zero attached hydrogens (tertiary/aromatic N) is 4. The second kappa shape index (κ2) is 10.4. The van der Waals surface area contributed by atoms with E-state index < -0.39 is 15.9 Å². The highest BCUT2D eigenvalue weighted by Crippen LogP contribution is 2.47. The number of pyridine rings is 2. The molecule has 4 heterocycles. The number of hydrogen-bond donors (Lipinski definition) is 3. The zero-order valence-electron chi connectivity index (χ0n) is 22.1. The maximum Gasteiger partial charge on any atom is 0.281 e. The SMILES string of the molecule is CC1(CCOc2ccn(-c3ccc(C(=O)NS(=O)(=O)c4cccc(NC5CNC(C)(C)C5)n4)c(Cl)n3)n2)CC1. The second-order valence-electron chi connectivity index (χ2n) is 11.1. The zero-order chi connectivity index (χ0) is 27.8. The van der Waals surface area contributed by atoms with Crippen LogP contribution in [0.5, 0.6) is 5.88 Å². The van der Waals surface area contributed by atoms with Crippen molar-refractivity contribution in [3.05, 3.63) is 53.3 Å². The molecule has 1 amide bonds. The Balaban J connectivity index is 1.22. The first-order chi connectivity index (χ1) is 18.4. The number of anilines is 1. The number of sulfonamides is 1. The number of amides is 1. The monoisotopic (exact) mass is 573 g/mol. The third-order valence-corrected chi connectivity index (χ3v) is 8.62. The summed E-state index contributed by atoms with van der Waals surface area (Å²) in [6.45, 7) is 7.76. The molecule has 0 spiro atoms. The fourth-order valence-corrected chi connectivity index (χ4v) is 5.61. The number of aromatic nitrogens is 4. The molecule has 1 aliphatic heterocycles. The third-order valence-electron chi connectivity index (χ3n) is 7.10. The fourth-order valence-electron chi connectivity index (χ4n) is 4.44. The van der Waals surface area contributed by atoms with Gasteiger partial charge >= 0.3 is 0 Å². The van der Waals surface area contributed by atoms with Crippen molar-refractivity contribution >= 4 is 33.3 Å². The molecule has 0 aromatic carbocycles. The number of halogens is 1. The first-order valence-corrected chi connectivity index (χ1v) is 14.7. The molecule has 3 aromatic heterocycles. The van der Waals surface area contributed by atoms with Gasteiger partial charge in [-0.05, 0) is 69.2 Å². The van der Waals surface area contributed by atoms with E-state index in [1.807, 2.05) is 4.72 Å². The largest absolute Gasteiger partial charge is 0.477 e. The average molecular weight is 574 g/mol. The Morgan fingerprint density at radius 3 is 2.67 bits per heavy atom. The first-order valence-electron chi connectivity index (χ1n) is 12.8. The van der Waals surface area contributed by atoms with Crippen molar-refractivity contribution in [3.8, 4) is 11.7 Å². The number of carbonyl (C=O) groups excluding carboxylic acids is 1. The van der Waals surface area contributed by atoms with Crippen LogP contribution in [0.2, 0.25) is 5.15 Å². The molecule has 208 valence electrons. The lowest BCUT2D eigenvalue weighted by atomic mass is 10.0. The van der Waals surface area contributed by atoms with Crippen LogP contribution >= 0.6 is 11.6 Å². The Morgan fingerprint density at radius 1 is 1.18 bits per heavy atom. The van der Waals surface area contributed by atoms with E-state index in [0.29, 0.717) is 29.5 Å². The number of hydrogen-bond acceptors (Lipinski definition) is 9. The van der Waals surface area contributed by atoms with Crippen LogP contribution in [0.4, 0.5) is 5.82 Å². The molecular formula is C26H32ClN7O4S. The fraction of sp³-hybridized carbons (Fsp3) is 0.462. The summed E-state index contributed by atoms with van der Waals surface area (Å²) in [5.41, 5.74) is 0.278. The smallest absolute Gasteiger partial charge is 0.281 e. The Hall–Kier alpha value is -3.22. The summed E-state index contributed by atoms with van der Waals surface area (Å²) >= 11 is 6.27. The van der Waals surface area contributed by atoms with Crippen LogP contribution in [0.3, 0.4) is 0 Å². The lowest BCUT2D eigenvalue weighted by Gasteiger charge is -2.18. The minimum absolute atomic E-state index is 0.0141. The summed E-state index contributed by atoms with van der Waals surface area (Å²) in [5.74, 6) is 0.304. The van der Waals surface area contributed by atoms with Crippen molar-refractivity contribution in [2.45, 2.75) is 63.1 Å². The molecule has 1 saturated heterocycles. The summed E-state index contributed by atoms with van der Waals surface area (Å²) < 4.78 is 35.1. The molecule has 3 aromatic rings. The van der Waals surface area contributed by atoms with E-state index in [1.165, 1.54) is 35.7 Å². The minimum Gasteiger partial charge on any atom is -0.477 e. The van der Waals surface area contributed by atoms with Gasteiger partial charge in [0.1, 0.15) is 11.0 Å². The van der Waals surface area contributed by atoms with E-state index in [1.54, 1.807) is 24.4 Å². The van der Waals surface area contributed by atoms with Gasteiger partial charge in [-0.3, -0.25) is 4.79 Å². The molecule has 3 N–H and O–H groups in total. The Kier molecular flexibility index (Phi) is 7.29. The molecule has 2 fully saturated rings. The van der Waals surface area contributed by atoms with Crippen molar-refractivity contribution in [1.29, 1.82) is 0 Å². The van der Waals surface area contributed by atoms with E-state index in [9.17, 15) is 13.2 Å². The van der Waals surface area contributed by atoms with Gasteiger partial charge in [0.25, 0.3) is 15.9 Å². The second-order valence-corrected chi connectivity index (χ2v) is 13.1. The molecule has 39 heavy (non-hydrogen) atoms. The molecule has 1 atom stereocenters. The molecule has 0 bridgehead atoms. The highest BCUT2D eigenvalue weighted by Gasteiger charge is 2.36. The highest BCUT2D eigenvalue weighted by molar-refractivity contribution is 7.90. The maximum absolute atomic E-state index is 12.9. The van der Waals surface area contributed by atoms with Gasteiger partial charge in [-0.15, -0.1) is 5.10 Å². The molecule has 5 rings (SSSR count). The van der Waals surface area contributed by atoms with Gasteiger partial charge < -0.3 is 15.4 Å². The number of nitrogens with one attached hydrogen (secondary N) is 3. The third kappa shape index (κ3) is 6.68. The first kappa shape index (κ1) is 27.4. The molecule has 1 saturated carbocycles. The quantitative estimate of drug-likeness (QED) is 0.310. The van der Waals surface area contributed by atoms with E-state index >= 15 is 0 Å². The molecule has 13 heteroatoms. The van der Waals surface area contributed by atoms with Crippen LogP contribution in [0.25, 0.3) is 5.82 Å². The van der Waals surface area contributed by atoms with Gasteiger partial charge in [-0.2, -0.15) is 8.42 Å². The van der Waals surface area contributed by atoms with Crippen molar-refractivity contribution in [3.63, 3.8) is 0 Å². The van der Waals surface area contributed by atoms with Gasteiger partial charge in [0.05, 0.1) is 12.2 Å². The summed E-state index contributed by atoms with van der Waals surface area (Å²) in [7, 11) is -4.26. The van der Waals surface area contributed by atoms with Crippen LogP contribution in [0.15, 0.2) is 47.6 Å². The zero-order valence-corrected chi connectivity index (χ0v) is 23.6. The maximum atomic E-state index is 12.9. The molecule has 1 aliphatic carbocycles. The molecule has 2 aliphatic rings. The summed E-state index contributed by atoms with van der Waals surface area (Å²) in [4.78, 5) is 21.3. The van der Waals surface area contributed by atoms with Crippen LogP contribution in [0, 0.1) is 5.41 Å². The van der Waals surface area contributed by atoms with E-state index in [4.69, 9.17) is 16.3 Å². The highest BCUT2D eigenvalue weighted by atomic mass is 35.5. The van der Waals surface area contributed by atoms with Crippen molar-refractivity contribution in [2.75, 3.05) is 18.5 Å². The summed E-state index contributed by atoms with van der Waals surface area (Å²) in [6.07, 6.45) is 5.96. The summed E-state index contributed by atoms with van der Waals surface area (Å²) in [5, 5.41) is 10.5. The molecule has 1 unspecified atom stereocenters. The van der Waals surface area contributed by atoms with Gasteiger partial charge in [-0.25, -0.2) is 19.4 Å². The molecular weight excluding hydrogens is 542 g/mol. The van der Waals surface area contributed by atoms with Gasteiger partial charge in [-0.1, -0.05) is 24.6 Å². The van der Waals surface area contributed by atoms with Gasteiger partial charge in [0.15, 0.2) is 10.8 Å². The predicted octanol–water partition coefficient (Wildman–Crippen LogP) is 3.56. The Bertz CT molecular complexity index is 1490. The minimum atomic E-state index is -4.26. The van der Waals surface area contributed by atoms with Crippen LogP contribution in [0.1, 0.15) is 56.8 Å². The predicted molar refractivity (Wildman–Crippen MR) is 147 cm³/mol. The van der Waals surface area contributed by atoms with Gasteiger partial charge in [0, 0.05) is 30.4 Å². The van der Waals surface area contributed by atoms with E-state index in [0.717, 1.165) is 19.4 Å². The molecule has 0 radical (unpaired) electrons. The Labute approximate surface area is 232 Å². The average Bonchev–Trinajstić information content (AvgIpc) is 3.25.